The highest BCUT2D eigenvalue weighted by Gasteiger charge is 2.54. The van der Waals surface area contributed by atoms with Crippen molar-refractivity contribution < 1.29 is 10.2 Å². The predicted octanol–water partition coefficient (Wildman–Crippen LogP) is -0.0712. The molecule has 0 radical (unpaired) electrons. The van der Waals surface area contributed by atoms with Gasteiger partial charge < -0.3 is 20.9 Å². The van der Waals surface area contributed by atoms with Crippen LogP contribution in [0.5, 0.6) is 0 Å². The van der Waals surface area contributed by atoms with Crippen molar-refractivity contribution in [2.75, 3.05) is 5.73 Å². The fourth-order valence-electron chi connectivity index (χ4n) is 4.32. The molecule has 4 rings (SSSR count). The van der Waals surface area contributed by atoms with Gasteiger partial charge in [0.05, 0.1) is 18.5 Å². The molecular weight excluding hydrogens is 286 g/mol. The molecule has 118 valence electrons. The molecule has 8 heteroatoms. The van der Waals surface area contributed by atoms with Crippen LogP contribution in [0.25, 0.3) is 11.2 Å². The van der Waals surface area contributed by atoms with Crippen LogP contribution < -0.4 is 11.3 Å². The number of fused-ring (bicyclic) bond motifs is 1. The number of hydrogen-bond donors (Lipinski definition) is 4. The summed E-state index contributed by atoms with van der Waals surface area (Å²) in [6, 6.07) is -0.254. The first kappa shape index (κ1) is 13.7. The maximum atomic E-state index is 12.6. The second-order valence-electron chi connectivity index (χ2n) is 6.50. The van der Waals surface area contributed by atoms with Crippen LogP contribution in [0.3, 0.4) is 0 Å². The molecule has 2 heterocycles. The molecule has 0 aliphatic heterocycles. The van der Waals surface area contributed by atoms with Gasteiger partial charge in [-0.15, -0.1) is 0 Å². The van der Waals surface area contributed by atoms with Gasteiger partial charge in [0, 0.05) is 11.5 Å². The Morgan fingerprint density at radius 1 is 1.41 bits per heavy atom. The Kier molecular flexibility index (Phi) is 2.82. The Balaban J connectivity index is 1.79. The lowest BCUT2D eigenvalue weighted by Gasteiger charge is -2.31. The number of hydrogen-bond acceptors (Lipinski definition) is 6. The van der Waals surface area contributed by atoms with E-state index in [0.29, 0.717) is 30.4 Å². The van der Waals surface area contributed by atoms with Gasteiger partial charge in [0.1, 0.15) is 0 Å². The Morgan fingerprint density at radius 3 is 2.95 bits per heavy atom. The lowest BCUT2D eigenvalue weighted by atomic mass is 9.80. The highest BCUT2D eigenvalue weighted by Crippen LogP contribution is 2.54. The second kappa shape index (κ2) is 4.53. The van der Waals surface area contributed by atoms with E-state index in [0.717, 1.165) is 12.8 Å². The molecule has 2 saturated carbocycles. The third-order valence-corrected chi connectivity index (χ3v) is 5.44. The SMILES string of the molecule is Nc1nc2nc[nH]c2c(=O)n1[C@@H]1C[C@@H](O)C2(CCC[C@H]2O)C1. The van der Waals surface area contributed by atoms with Crippen molar-refractivity contribution in [3.05, 3.63) is 16.7 Å². The Hall–Kier alpha value is -1.93. The molecule has 8 nitrogen and oxygen atoms in total. The molecule has 1 spiro atoms. The van der Waals surface area contributed by atoms with Crippen LogP contribution in [0.2, 0.25) is 0 Å². The van der Waals surface area contributed by atoms with Crippen molar-refractivity contribution in [2.45, 2.75) is 50.4 Å². The zero-order chi connectivity index (χ0) is 15.5. The number of imidazole rings is 1. The monoisotopic (exact) mass is 305 g/mol. The number of nitrogen functional groups attached to an aromatic ring is 1. The summed E-state index contributed by atoms with van der Waals surface area (Å²) in [6.45, 7) is 0. The van der Waals surface area contributed by atoms with Crippen molar-refractivity contribution >= 4 is 17.1 Å². The Bertz CT molecular complexity index is 784. The minimum absolute atomic E-state index is 0.103. The molecule has 0 aromatic carbocycles. The highest BCUT2D eigenvalue weighted by molar-refractivity contribution is 5.69. The van der Waals surface area contributed by atoms with E-state index < -0.39 is 17.6 Å². The van der Waals surface area contributed by atoms with Gasteiger partial charge in [0.2, 0.25) is 5.95 Å². The third-order valence-electron chi connectivity index (χ3n) is 5.44. The number of nitrogens with zero attached hydrogens (tertiary/aromatic N) is 3. The van der Waals surface area contributed by atoms with E-state index in [-0.39, 0.29) is 17.5 Å². The normalized spacial score (nSPS) is 34.9. The first-order valence-corrected chi connectivity index (χ1v) is 7.60. The van der Waals surface area contributed by atoms with Crippen LogP contribution >= 0.6 is 0 Å². The summed E-state index contributed by atoms with van der Waals surface area (Å²) in [4.78, 5) is 23.5. The number of aliphatic hydroxyl groups excluding tert-OH is 2. The first-order chi connectivity index (χ1) is 10.5. The zero-order valence-electron chi connectivity index (χ0n) is 12.1. The highest BCUT2D eigenvalue weighted by atomic mass is 16.3. The smallest absolute Gasteiger partial charge is 0.281 e. The number of aromatic nitrogens is 4. The number of aliphatic hydroxyl groups is 2. The molecule has 2 aliphatic rings. The van der Waals surface area contributed by atoms with Crippen molar-refractivity contribution in [1.29, 1.82) is 0 Å². The molecular formula is C14H19N5O3. The van der Waals surface area contributed by atoms with Crippen molar-refractivity contribution in [3.63, 3.8) is 0 Å². The quantitative estimate of drug-likeness (QED) is 0.583. The molecule has 5 N–H and O–H groups in total. The van der Waals surface area contributed by atoms with Gasteiger partial charge in [0.25, 0.3) is 5.56 Å². The van der Waals surface area contributed by atoms with E-state index in [4.69, 9.17) is 5.73 Å². The average Bonchev–Trinajstić information content (AvgIpc) is 3.13. The Morgan fingerprint density at radius 2 is 2.23 bits per heavy atom. The maximum absolute atomic E-state index is 12.6. The van der Waals surface area contributed by atoms with Gasteiger partial charge in [-0.3, -0.25) is 9.36 Å². The number of anilines is 1. The third kappa shape index (κ3) is 1.67. The van der Waals surface area contributed by atoms with Gasteiger partial charge in [-0.1, -0.05) is 6.42 Å². The van der Waals surface area contributed by atoms with Crippen LogP contribution in [-0.2, 0) is 0 Å². The number of H-pyrrole nitrogens is 1. The van der Waals surface area contributed by atoms with Crippen molar-refractivity contribution in [3.8, 4) is 0 Å². The molecule has 2 fully saturated rings. The maximum Gasteiger partial charge on any atom is 0.281 e. The molecule has 2 aromatic rings. The summed E-state index contributed by atoms with van der Waals surface area (Å²) in [5, 5.41) is 20.8. The van der Waals surface area contributed by atoms with E-state index in [1.165, 1.54) is 10.9 Å². The summed E-state index contributed by atoms with van der Waals surface area (Å²) in [7, 11) is 0. The fourth-order valence-corrected chi connectivity index (χ4v) is 4.32. The fraction of sp³-hybridized carbons (Fsp3) is 0.643. The zero-order valence-corrected chi connectivity index (χ0v) is 12.1. The lowest BCUT2D eigenvalue weighted by molar-refractivity contribution is -0.0302. The van der Waals surface area contributed by atoms with Crippen LogP contribution in [0, 0.1) is 5.41 Å². The summed E-state index contributed by atoms with van der Waals surface area (Å²) in [5.74, 6) is 0.103. The molecule has 4 atom stereocenters. The van der Waals surface area contributed by atoms with Gasteiger partial charge in [-0.2, -0.15) is 4.98 Å². The minimum Gasteiger partial charge on any atom is -0.392 e. The number of nitrogens with one attached hydrogen (secondary N) is 1. The lowest BCUT2D eigenvalue weighted by Crippen LogP contribution is -2.37. The van der Waals surface area contributed by atoms with Crippen LogP contribution in [-0.4, -0.2) is 41.9 Å². The summed E-state index contributed by atoms with van der Waals surface area (Å²) in [6.07, 6.45) is 3.59. The molecule has 0 amide bonds. The second-order valence-corrected chi connectivity index (χ2v) is 6.50. The average molecular weight is 305 g/mol. The molecule has 0 bridgehead atoms. The van der Waals surface area contributed by atoms with E-state index in [9.17, 15) is 15.0 Å². The van der Waals surface area contributed by atoms with Gasteiger partial charge in [-0.25, -0.2) is 4.98 Å². The molecule has 1 unspecified atom stereocenters. The first-order valence-electron chi connectivity index (χ1n) is 7.60. The van der Waals surface area contributed by atoms with Crippen molar-refractivity contribution in [1.82, 2.24) is 19.5 Å². The van der Waals surface area contributed by atoms with Gasteiger partial charge in [-0.05, 0) is 25.7 Å². The van der Waals surface area contributed by atoms with E-state index in [1.54, 1.807) is 0 Å². The van der Waals surface area contributed by atoms with Crippen molar-refractivity contribution in [2.24, 2.45) is 5.41 Å². The standard InChI is InChI=1S/C14H19N5O3/c15-13-18-11-10(16-6-17-11)12(22)19(13)7-4-9(21)14(5-7)3-1-2-8(14)20/h6-9,20-21H,1-5H2,(H2,15,18)(H,16,17)/t7-,8-,9-,14?/m1/s1. The molecule has 2 aromatic heterocycles. The van der Waals surface area contributed by atoms with E-state index >= 15 is 0 Å². The van der Waals surface area contributed by atoms with Gasteiger partial charge >= 0.3 is 0 Å². The number of aromatic amines is 1. The van der Waals surface area contributed by atoms with E-state index in [2.05, 4.69) is 15.0 Å². The van der Waals surface area contributed by atoms with Crippen LogP contribution in [0.15, 0.2) is 11.1 Å². The topological polar surface area (TPSA) is 130 Å². The van der Waals surface area contributed by atoms with Crippen LogP contribution in [0.1, 0.15) is 38.1 Å². The number of nitrogens with two attached hydrogens (primary N) is 1. The summed E-state index contributed by atoms with van der Waals surface area (Å²) < 4.78 is 1.43. The van der Waals surface area contributed by atoms with Crippen LogP contribution in [0.4, 0.5) is 5.95 Å². The number of rotatable bonds is 1. The van der Waals surface area contributed by atoms with E-state index in [1.807, 2.05) is 0 Å². The summed E-state index contributed by atoms with van der Waals surface area (Å²) >= 11 is 0. The predicted molar refractivity (Wildman–Crippen MR) is 79.1 cm³/mol. The Labute approximate surface area is 126 Å². The summed E-state index contributed by atoms with van der Waals surface area (Å²) in [5.41, 5.74) is 5.77. The molecule has 2 aliphatic carbocycles. The molecule has 22 heavy (non-hydrogen) atoms. The molecule has 0 saturated heterocycles. The minimum atomic E-state index is -0.626. The van der Waals surface area contributed by atoms with Gasteiger partial charge in [0.15, 0.2) is 11.2 Å². The largest absolute Gasteiger partial charge is 0.392 e.